The predicted molar refractivity (Wildman–Crippen MR) is 58.1 cm³/mol. The highest BCUT2D eigenvalue weighted by Crippen LogP contribution is 2.24. The molecule has 4 nitrogen and oxygen atoms in total. The maximum Gasteiger partial charge on any atom is 0.242 e. The number of rotatable bonds is 2. The molecule has 0 spiro atoms. The third-order valence-corrected chi connectivity index (χ3v) is 3.18. The van der Waals surface area contributed by atoms with Crippen LogP contribution in [-0.2, 0) is 4.79 Å². The zero-order valence-electron chi connectivity index (χ0n) is 9.95. The molecule has 0 aliphatic carbocycles. The monoisotopic (exact) mass is 209 g/mol. The Balaban J connectivity index is 2.83. The largest absolute Gasteiger partial charge is 0.343 e. The quantitative estimate of drug-likeness (QED) is 0.677. The fourth-order valence-electron chi connectivity index (χ4n) is 2.24. The lowest BCUT2D eigenvalue weighted by Crippen LogP contribution is -2.64. The van der Waals surface area contributed by atoms with Crippen molar-refractivity contribution in [2.45, 2.75) is 38.8 Å². The van der Waals surface area contributed by atoms with Gasteiger partial charge in [-0.1, -0.05) is 0 Å². The van der Waals surface area contributed by atoms with Crippen molar-refractivity contribution in [3.05, 3.63) is 0 Å². The zero-order valence-corrected chi connectivity index (χ0v) is 9.95. The fraction of sp³-hybridized carbons (Fsp3) is 0.818. The number of piperazine rings is 1. The van der Waals surface area contributed by atoms with Crippen LogP contribution in [0.2, 0.25) is 0 Å². The van der Waals surface area contributed by atoms with Gasteiger partial charge in [0.2, 0.25) is 5.91 Å². The molecule has 0 aromatic heterocycles. The van der Waals surface area contributed by atoms with Gasteiger partial charge in [-0.05, 0) is 20.8 Å². The summed E-state index contributed by atoms with van der Waals surface area (Å²) in [6.45, 7) is 7.46. The second-order valence-corrected chi connectivity index (χ2v) is 4.69. The molecule has 1 unspecified atom stereocenters. The number of hydrogen-bond acceptors (Lipinski definition) is 3. The van der Waals surface area contributed by atoms with Crippen LogP contribution in [0.4, 0.5) is 0 Å². The smallest absolute Gasteiger partial charge is 0.242 e. The summed E-state index contributed by atoms with van der Waals surface area (Å²) in [5.74, 6) is 0.138. The van der Waals surface area contributed by atoms with E-state index in [1.807, 2.05) is 27.8 Å². The average molecular weight is 209 g/mol. The molecule has 0 N–H and O–H groups in total. The minimum Gasteiger partial charge on any atom is -0.343 e. The first-order chi connectivity index (χ1) is 6.91. The van der Waals surface area contributed by atoms with E-state index in [2.05, 4.69) is 11.0 Å². The van der Waals surface area contributed by atoms with Gasteiger partial charge in [0.05, 0.1) is 18.0 Å². The maximum atomic E-state index is 12.0. The van der Waals surface area contributed by atoms with Crippen molar-refractivity contribution in [3.63, 3.8) is 0 Å². The van der Waals surface area contributed by atoms with Gasteiger partial charge >= 0.3 is 0 Å². The van der Waals surface area contributed by atoms with Gasteiger partial charge in [-0.15, -0.1) is 0 Å². The van der Waals surface area contributed by atoms with Crippen LogP contribution < -0.4 is 0 Å². The van der Waals surface area contributed by atoms with Crippen molar-refractivity contribution in [3.8, 4) is 6.07 Å². The summed E-state index contributed by atoms with van der Waals surface area (Å²) in [5, 5.41) is 8.68. The third kappa shape index (κ3) is 2.13. The molecule has 1 saturated heterocycles. The molecule has 0 aromatic carbocycles. The third-order valence-electron chi connectivity index (χ3n) is 3.18. The van der Waals surface area contributed by atoms with Crippen LogP contribution in [0.15, 0.2) is 0 Å². The molecule has 1 aliphatic heterocycles. The number of carbonyl (C=O) groups excluding carboxylic acids is 1. The van der Waals surface area contributed by atoms with Gasteiger partial charge in [0, 0.05) is 26.2 Å². The van der Waals surface area contributed by atoms with Crippen LogP contribution in [0.3, 0.4) is 0 Å². The highest BCUT2D eigenvalue weighted by Gasteiger charge is 2.42. The highest BCUT2D eigenvalue weighted by atomic mass is 16.2. The minimum atomic E-state index is -0.483. The molecule has 1 amide bonds. The Morgan fingerprint density at radius 1 is 1.53 bits per heavy atom. The molecule has 1 rings (SSSR count). The van der Waals surface area contributed by atoms with Crippen LogP contribution in [0.5, 0.6) is 0 Å². The summed E-state index contributed by atoms with van der Waals surface area (Å²) in [7, 11) is 1.83. The molecule has 84 valence electrons. The van der Waals surface area contributed by atoms with Crippen LogP contribution in [0.25, 0.3) is 0 Å². The van der Waals surface area contributed by atoms with Crippen LogP contribution >= 0.6 is 0 Å². The summed E-state index contributed by atoms with van der Waals surface area (Å²) in [6.07, 6.45) is 0.473. The van der Waals surface area contributed by atoms with Gasteiger partial charge in [-0.3, -0.25) is 9.69 Å². The van der Waals surface area contributed by atoms with E-state index >= 15 is 0 Å². The zero-order chi connectivity index (χ0) is 11.6. The lowest BCUT2D eigenvalue weighted by Gasteiger charge is -2.47. The number of amides is 1. The maximum absolute atomic E-state index is 12.0. The molecule has 0 saturated carbocycles. The Bertz CT molecular complexity index is 293. The predicted octanol–water partition coefficient (Wildman–Crippen LogP) is 0.841. The Hall–Kier alpha value is -1.08. The van der Waals surface area contributed by atoms with Crippen LogP contribution in [0, 0.1) is 11.3 Å². The van der Waals surface area contributed by atoms with E-state index in [9.17, 15) is 4.79 Å². The van der Waals surface area contributed by atoms with E-state index in [0.29, 0.717) is 6.42 Å². The lowest BCUT2D eigenvalue weighted by molar-refractivity contribution is -0.149. The second kappa shape index (κ2) is 4.19. The Morgan fingerprint density at radius 3 is 2.67 bits per heavy atom. The highest BCUT2D eigenvalue weighted by molar-refractivity contribution is 5.86. The molecule has 0 radical (unpaired) electrons. The van der Waals surface area contributed by atoms with Gasteiger partial charge in [-0.25, -0.2) is 0 Å². The number of nitriles is 1. The fourth-order valence-corrected chi connectivity index (χ4v) is 2.24. The van der Waals surface area contributed by atoms with E-state index in [0.717, 1.165) is 13.1 Å². The minimum absolute atomic E-state index is 0.138. The molecule has 15 heavy (non-hydrogen) atoms. The van der Waals surface area contributed by atoms with E-state index in [1.54, 1.807) is 4.90 Å². The topological polar surface area (TPSA) is 47.3 Å². The summed E-state index contributed by atoms with van der Waals surface area (Å²) < 4.78 is 0. The molecular formula is C11H19N3O. The van der Waals surface area contributed by atoms with E-state index in [4.69, 9.17) is 5.26 Å². The first kappa shape index (κ1) is 12.0. The number of likely N-dealkylation sites (N-methyl/N-ethyl adjacent to an activating group) is 1. The Labute approximate surface area is 91.5 Å². The van der Waals surface area contributed by atoms with Crippen molar-refractivity contribution >= 4 is 5.91 Å². The van der Waals surface area contributed by atoms with E-state index < -0.39 is 5.54 Å². The standard InChI is InChI=1S/C11H19N3O/c1-9(5-6-12)14-8-7-13(4)10(15)11(14,2)3/h9H,5,7-8H2,1-4H3. The van der Waals surface area contributed by atoms with Crippen LogP contribution in [0.1, 0.15) is 27.2 Å². The van der Waals surface area contributed by atoms with Crippen molar-refractivity contribution in [1.29, 1.82) is 5.26 Å². The number of nitrogens with zero attached hydrogens (tertiary/aromatic N) is 3. The summed E-state index contributed by atoms with van der Waals surface area (Å²) in [6, 6.07) is 2.30. The molecule has 0 bridgehead atoms. The first-order valence-corrected chi connectivity index (χ1v) is 5.30. The number of hydrogen-bond donors (Lipinski definition) is 0. The molecule has 1 aliphatic rings. The normalized spacial score (nSPS) is 23.7. The van der Waals surface area contributed by atoms with Gasteiger partial charge in [0.15, 0.2) is 0 Å². The Kier molecular flexibility index (Phi) is 3.35. The first-order valence-electron chi connectivity index (χ1n) is 5.30. The molecular weight excluding hydrogens is 190 g/mol. The van der Waals surface area contributed by atoms with E-state index in [1.165, 1.54) is 0 Å². The van der Waals surface area contributed by atoms with Crippen molar-refractivity contribution in [2.24, 2.45) is 0 Å². The SMILES string of the molecule is CC(CC#N)N1CCN(C)C(=O)C1(C)C. The summed E-state index contributed by atoms with van der Waals surface area (Å²) in [5.41, 5.74) is -0.483. The molecule has 4 heteroatoms. The van der Waals surface area contributed by atoms with Gasteiger partial charge in [-0.2, -0.15) is 5.26 Å². The molecule has 0 aromatic rings. The molecule has 1 atom stereocenters. The molecule has 1 fully saturated rings. The average Bonchev–Trinajstić information content (AvgIpc) is 2.14. The lowest BCUT2D eigenvalue weighted by atomic mass is 9.95. The van der Waals surface area contributed by atoms with Crippen molar-refractivity contribution < 1.29 is 4.79 Å². The van der Waals surface area contributed by atoms with Crippen molar-refractivity contribution in [2.75, 3.05) is 20.1 Å². The van der Waals surface area contributed by atoms with Gasteiger partial charge < -0.3 is 4.90 Å². The Morgan fingerprint density at radius 2 is 2.13 bits per heavy atom. The molecule has 1 heterocycles. The van der Waals surface area contributed by atoms with Gasteiger partial charge in [0.1, 0.15) is 0 Å². The van der Waals surface area contributed by atoms with E-state index in [-0.39, 0.29) is 11.9 Å². The summed E-state index contributed by atoms with van der Waals surface area (Å²) >= 11 is 0. The summed E-state index contributed by atoms with van der Waals surface area (Å²) in [4.78, 5) is 15.9. The van der Waals surface area contributed by atoms with Crippen molar-refractivity contribution in [1.82, 2.24) is 9.80 Å². The van der Waals surface area contributed by atoms with Gasteiger partial charge in [0.25, 0.3) is 0 Å². The van der Waals surface area contributed by atoms with Crippen LogP contribution in [-0.4, -0.2) is 47.4 Å². The second-order valence-electron chi connectivity index (χ2n) is 4.69. The number of carbonyl (C=O) groups is 1.